The van der Waals surface area contributed by atoms with Crippen LogP contribution in [0.2, 0.25) is 0 Å². The molecule has 7 heteroatoms. The molecule has 0 radical (unpaired) electrons. The van der Waals surface area contributed by atoms with E-state index in [0.717, 1.165) is 29.6 Å². The lowest BCUT2D eigenvalue weighted by atomic mass is 10.1. The highest BCUT2D eigenvalue weighted by Gasteiger charge is 2.16. The van der Waals surface area contributed by atoms with E-state index in [-0.39, 0.29) is 18.4 Å². The molecule has 132 valence electrons. The molecular weight excluding hydrogens is 330 g/mol. The molecule has 26 heavy (non-hydrogen) atoms. The standard InChI is InChI=1S/C19H19N5O2/c25-18-12-21-15-7-6-13(10-16(15)23-18)19(26)20-8-3-9-24-17-5-2-1-4-14(17)11-22-24/h1-2,4-7,10-11,21H,3,8-9,12H2,(H,20,26)(H,23,25). The molecule has 0 spiro atoms. The van der Waals surface area contributed by atoms with E-state index >= 15 is 0 Å². The van der Waals surface area contributed by atoms with Crippen LogP contribution in [0.25, 0.3) is 10.9 Å². The van der Waals surface area contributed by atoms with Crippen LogP contribution in [0.5, 0.6) is 0 Å². The Morgan fingerprint density at radius 1 is 1.19 bits per heavy atom. The van der Waals surface area contributed by atoms with Crippen molar-refractivity contribution in [2.24, 2.45) is 0 Å². The van der Waals surface area contributed by atoms with E-state index in [1.165, 1.54) is 0 Å². The van der Waals surface area contributed by atoms with Crippen molar-refractivity contribution in [2.75, 3.05) is 23.7 Å². The summed E-state index contributed by atoms with van der Waals surface area (Å²) in [6, 6.07) is 13.3. The van der Waals surface area contributed by atoms with Crippen LogP contribution in [0.15, 0.2) is 48.7 Å². The fourth-order valence-corrected chi connectivity index (χ4v) is 3.05. The van der Waals surface area contributed by atoms with Gasteiger partial charge in [-0.25, -0.2) is 0 Å². The monoisotopic (exact) mass is 349 g/mol. The number of rotatable bonds is 5. The Morgan fingerprint density at radius 3 is 3.00 bits per heavy atom. The summed E-state index contributed by atoms with van der Waals surface area (Å²) in [7, 11) is 0. The maximum absolute atomic E-state index is 12.3. The summed E-state index contributed by atoms with van der Waals surface area (Å²) >= 11 is 0. The number of carbonyl (C=O) groups is 2. The molecule has 4 rings (SSSR count). The van der Waals surface area contributed by atoms with Gasteiger partial charge >= 0.3 is 0 Å². The normalized spacial score (nSPS) is 13.0. The van der Waals surface area contributed by atoms with Gasteiger partial charge in [-0.1, -0.05) is 18.2 Å². The molecule has 0 bridgehead atoms. The third kappa shape index (κ3) is 3.23. The molecule has 3 N–H and O–H groups in total. The second-order valence-corrected chi connectivity index (χ2v) is 6.20. The van der Waals surface area contributed by atoms with Gasteiger partial charge in [0.2, 0.25) is 5.91 Å². The predicted octanol–water partition coefficient (Wildman–Crippen LogP) is 2.22. The van der Waals surface area contributed by atoms with Crippen LogP contribution >= 0.6 is 0 Å². The van der Waals surface area contributed by atoms with Crippen molar-refractivity contribution >= 4 is 34.1 Å². The molecule has 0 unspecified atom stereocenters. The molecule has 1 aliphatic heterocycles. The molecule has 7 nitrogen and oxygen atoms in total. The minimum atomic E-state index is -0.155. The van der Waals surface area contributed by atoms with Crippen molar-refractivity contribution in [2.45, 2.75) is 13.0 Å². The van der Waals surface area contributed by atoms with E-state index in [0.29, 0.717) is 17.8 Å². The fourth-order valence-electron chi connectivity index (χ4n) is 3.05. The number of anilines is 2. The highest BCUT2D eigenvalue weighted by atomic mass is 16.2. The summed E-state index contributed by atoms with van der Waals surface area (Å²) < 4.78 is 1.95. The molecule has 2 heterocycles. The summed E-state index contributed by atoms with van der Waals surface area (Å²) in [6.45, 7) is 1.54. The molecule has 1 aliphatic rings. The molecular formula is C19H19N5O2. The number of amides is 2. The summed E-state index contributed by atoms with van der Waals surface area (Å²) in [5.41, 5.74) is 3.08. The van der Waals surface area contributed by atoms with Gasteiger partial charge in [-0.05, 0) is 30.7 Å². The van der Waals surface area contributed by atoms with Gasteiger partial charge in [-0.3, -0.25) is 14.3 Å². The molecule has 1 aromatic heterocycles. The SMILES string of the molecule is O=C1CNc2ccc(C(=O)NCCCn3ncc4ccccc43)cc2N1. The first kappa shape index (κ1) is 16.1. The Kier molecular flexibility index (Phi) is 4.27. The number of aryl methyl sites for hydroxylation is 1. The van der Waals surface area contributed by atoms with Gasteiger partial charge in [0.1, 0.15) is 0 Å². The second kappa shape index (κ2) is 6.87. The lowest BCUT2D eigenvalue weighted by Gasteiger charge is -2.19. The van der Waals surface area contributed by atoms with Crippen LogP contribution in [0, 0.1) is 0 Å². The zero-order valence-corrected chi connectivity index (χ0v) is 14.2. The topological polar surface area (TPSA) is 88.1 Å². The van der Waals surface area contributed by atoms with Gasteiger partial charge in [0.05, 0.1) is 29.6 Å². The Labute approximate surface area is 150 Å². The van der Waals surface area contributed by atoms with Gasteiger partial charge in [0.15, 0.2) is 0 Å². The molecule has 2 aromatic carbocycles. The number of aromatic nitrogens is 2. The van der Waals surface area contributed by atoms with E-state index in [1.807, 2.05) is 35.1 Å². The van der Waals surface area contributed by atoms with E-state index in [2.05, 4.69) is 21.0 Å². The zero-order valence-electron chi connectivity index (χ0n) is 14.2. The number of nitrogens with one attached hydrogen (secondary N) is 3. The molecule has 0 saturated carbocycles. The minimum Gasteiger partial charge on any atom is -0.374 e. The van der Waals surface area contributed by atoms with Gasteiger partial charge < -0.3 is 16.0 Å². The lowest BCUT2D eigenvalue weighted by Crippen LogP contribution is -2.29. The third-order valence-corrected chi connectivity index (χ3v) is 4.38. The van der Waals surface area contributed by atoms with Crippen molar-refractivity contribution in [1.82, 2.24) is 15.1 Å². The Bertz CT molecular complexity index is 979. The van der Waals surface area contributed by atoms with Crippen LogP contribution in [0.3, 0.4) is 0 Å². The van der Waals surface area contributed by atoms with Crippen LogP contribution in [-0.4, -0.2) is 34.7 Å². The van der Waals surface area contributed by atoms with E-state index in [4.69, 9.17) is 0 Å². The van der Waals surface area contributed by atoms with Crippen LogP contribution < -0.4 is 16.0 Å². The van der Waals surface area contributed by atoms with E-state index in [9.17, 15) is 9.59 Å². The summed E-state index contributed by atoms with van der Waals surface area (Å²) in [4.78, 5) is 23.8. The van der Waals surface area contributed by atoms with Gasteiger partial charge in [0.25, 0.3) is 5.91 Å². The average Bonchev–Trinajstić information content (AvgIpc) is 3.07. The lowest BCUT2D eigenvalue weighted by molar-refractivity contribution is -0.114. The molecule has 0 atom stereocenters. The van der Waals surface area contributed by atoms with Crippen LogP contribution in [-0.2, 0) is 11.3 Å². The number of carbonyl (C=O) groups excluding carboxylic acids is 2. The quantitative estimate of drug-likeness (QED) is 0.616. The Balaban J connectivity index is 1.33. The smallest absolute Gasteiger partial charge is 0.251 e. The predicted molar refractivity (Wildman–Crippen MR) is 100 cm³/mol. The van der Waals surface area contributed by atoms with Crippen molar-refractivity contribution in [3.8, 4) is 0 Å². The average molecular weight is 349 g/mol. The minimum absolute atomic E-state index is 0.110. The van der Waals surface area contributed by atoms with Crippen molar-refractivity contribution in [1.29, 1.82) is 0 Å². The summed E-state index contributed by atoms with van der Waals surface area (Å²) in [5, 5.41) is 14.2. The Hall–Kier alpha value is -3.35. The number of para-hydroxylation sites is 1. The van der Waals surface area contributed by atoms with Gasteiger partial charge in [0, 0.05) is 24.0 Å². The van der Waals surface area contributed by atoms with Gasteiger partial charge in [-0.15, -0.1) is 0 Å². The van der Waals surface area contributed by atoms with E-state index in [1.54, 1.807) is 18.2 Å². The summed E-state index contributed by atoms with van der Waals surface area (Å²) in [5.74, 6) is -0.264. The molecule has 3 aromatic rings. The van der Waals surface area contributed by atoms with Crippen molar-refractivity contribution in [3.05, 3.63) is 54.2 Å². The number of nitrogens with zero attached hydrogens (tertiary/aromatic N) is 2. The highest BCUT2D eigenvalue weighted by Crippen LogP contribution is 2.25. The third-order valence-electron chi connectivity index (χ3n) is 4.38. The van der Waals surface area contributed by atoms with E-state index < -0.39 is 0 Å². The largest absolute Gasteiger partial charge is 0.374 e. The zero-order chi connectivity index (χ0) is 17.9. The second-order valence-electron chi connectivity index (χ2n) is 6.20. The van der Waals surface area contributed by atoms with Crippen LogP contribution in [0.4, 0.5) is 11.4 Å². The maximum Gasteiger partial charge on any atom is 0.251 e. The van der Waals surface area contributed by atoms with Crippen molar-refractivity contribution < 1.29 is 9.59 Å². The first-order valence-corrected chi connectivity index (χ1v) is 8.57. The highest BCUT2D eigenvalue weighted by molar-refractivity contribution is 6.03. The summed E-state index contributed by atoms with van der Waals surface area (Å²) in [6.07, 6.45) is 2.63. The first-order valence-electron chi connectivity index (χ1n) is 8.57. The molecule has 0 saturated heterocycles. The maximum atomic E-state index is 12.3. The molecule has 0 aliphatic carbocycles. The number of benzene rings is 2. The fraction of sp³-hybridized carbons (Fsp3) is 0.211. The molecule has 2 amide bonds. The van der Waals surface area contributed by atoms with Crippen LogP contribution in [0.1, 0.15) is 16.8 Å². The number of hydrogen-bond acceptors (Lipinski definition) is 4. The van der Waals surface area contributed by atoms with Gasteiger partial charge in [-0.2, -0.15) is 5.10 Å². The van der Waals surface area contributed by atoms with Crippen molar-refractivity contribution in [3.63, 3.8) is 0 Å². The Morgan fingerprint density at radius 2 is 2.08 bits per heavy atom. The molecule has 0 fully saturated rings. The first-order chi connectivity index (χ1) is 12.7. The number of hydrogen-bond donors (Lipinski definition) is 3. The number of fused-ring (bicyclic) bond motifs is 2.